The molecule has 0 amide bonds. The summed E-state index contributed by atoms with van der Waals surface area (Å²) in [7, 11) is 0. The van der Waals surface area contributed by atoms with E-state index in [4.69, 9.17) is 11.6 Å². The Morgan fingerprint density at radius 1 is 1.00 bits per heavy atom. The highest BCUT2D eigenvalue weighted by molar-refractivity contribution is 9.10. The van der Waals surface area contributed by atoms with Gasteiger partial charge in [0.2, 0.25) is 0 Å². The van der Waals surface area contributed by atoms with Crippen molar-refractivity contribution in [2.45, 2.75) is 0 Å². The first-order valence-corrected chi connectivity index (χ1v) is 6.56. The standard InChI is InChI=1S/C15H10BrClO.ClH/c16-13-6-1-11(2-7-13)3-10-15(18)12-4-8-14(17)9-5-12;/h1-10H;1H. The first-order valence-electron chi connectivity index (χ1n) is 5.39. The number of rotatable bonds is 3. The molecule has 0 aliphatic rings. The molecule has 2 rings (SSSR count). The minimum absolute atomic E-state index is 0. The van der Waals surface area contributed by atoms with Gasteiger partial charge in [-0.05, 0) is 48.0 Å². The molecule has 0 unspecified atom stereocenters. The molecule has 0 aromatic heterocycles. The van der Waals surface area contributed by atoms with Crippen molar-refractivity contribution in [3.8, 4) is 0 Å². The Morgan fingerprint density at radius 3 is 2.16 bits per heavy atom. The highest BCUT2D eigenvalue weighted by atomic mass is 79.9. The summed E-state index contributed by atoms with van der Waals surface area (Å²) in [5.41, 5.74) is 1.62. The molecule has 0 heterocycles. The largest absolute Gasteiger partial charge is 0.289 e. The van der Waals surface area contributed by atoms with Crippen LogP contribution in [-0.4, -0.2) is 5.78 Å². The lowest BCUT2D eigenvalue weighted by Gasteiger charge is -1.96. The van der Waals surface area contributed by atoms with E-state index in [1.54, 1.807) is 36.4 Å². The lowest BCUT2D eigenvalue weighted by Crippen LogP contribution is -1.92. The number of allylic oxidation sites excluding steroid dienone is 1. The number of hydrogen-bond donors (Lipinski definition) is 0. The van der Waals surface area contributed by atoms with Gasteiger partial charge in [0.25, 0.3) is 0 Å². The fourth-order valence-corrected chi connectivity index (χ4v) is 1.85. The van der Waals surface area contributed by atoms with E-state index >= 15 is 0 Å². The maximum Gasteiger partial charge on any atom is 0.185 e. The maximum atomic E-state index is 11.9. The highest BCUT2D eigenvalue weighted by Gasteiger charge is 2.00. The van der Waals surface area contributed by atoms with E-state index in [1.807, 2.05) is 24.3 Å². The molecule has 19 heavy (non-hydrogen) atoms. The van der Waals surface area contributed by atoms with Gasteiger partial charge in [0.05, 0.1) is 0 Å². The van der Waals surface area contributed by atoms with Gasteiger partial charge in [0.1, 0.15) is 0 Å². The Morgan fingerprint density at radius 2 is 1.58 bits per heavy atom. The van der Waals surface area contributed by atoms with E-state index in [0.29, 0.717) is 10.6 Å². The van der Waals surface area contributed by atoms with Crippen molar-refractivity contribution >= 4 is 51.8 Å². The molecule has 4 heteroatoms. The van der Waals surface area contributed by atoms with Crippen molar-refractivity contribution in [3.63, 3.8) is 0 Å². The molecule has 0 atom stereocenters. The van der Waals surface area contributed by atoms with Crippen molar-refractivity contribution in [2.75, 3.05) is 0 Å². The summed E-state index contributed by atoms with van der Waals surface area (Å²) in [6.45, 7) is 0. The average molecular weight is 358 g/mol. The van der Waals surface area contributed by atoms with E-state index in [0.717, 1.165) is 10.0 Å². The third-order valence-corrected chi connectivity index (χ3v) is 3.21. The normalized spacial score (nSPS) is 10.2. The van der Waals surface area contributed by atoms with Crippen LogP contribution in [0.5, 0.6) is 0 Å². The zero-order valence-corrected chi connectivity index (χ0v) is 13.0. The molecule has 2 aromatic carbocycles. The Bertz CT molecular complexity index is 574. The number of hydrogen-bond acceptors (Lipinski definition) is 1. The van der Waals surface area contributed by atoms with Crippen molar-refractivity contribution in [2.24, 2.45) is 0 Å². The lowest BCUT2D eigenvalue weighted by atomic mass is 10.1. The van der Waals surface area contributed by atoms with Gasteiger partial charge < -0.3 is 0 Å². The van der Waals surface area contributed by atoms with Crippen molar-refractivity contribution in [3.05, 3.63) is 75.2 Å². The van der Waals surface area contributed by atoms with Gasteiger partial charge in [-0.15, -0.1) is 12.4 Å². The van der Waals surface area contributed by atoms with Crippen LogP contribution in [0.15, 0.2) is 59.1 Å². The average Bonchev–Trinajstić information content (AvgIpc) is 2.38. The fourth-order valence-electron chi connectivity index (χ4n) is 1.46. The Balaban J connectivity index is 0.00000180. The second kappa shape index (κ2) is 7.49. The van der Waals surface area contributed by atoms with Gasteiger partial charge in [-0.3, -0.25) is 4.79 Å². The quantitative estimate of drug-likeness (QED) is 0.529. The van der Waals surface area contributed by atoms with E-state index in [1.165, 1.54) is 0 Å². The number of carbonyl (C=O) groups is 1. The molecule has 1 nitrogen and oxygen atoms in total. The molecule has 0 aliphatic carbocycles. The second-order valence-electron chi connectivity index (χ2n) is 3.76. The predicted molar refractivity (Wildman–Crippen MR) is 86.2 cm³/mol. The van der Waals surface area contributed by atoms with Crippen LogP contribution in [0.2, 0.25) is 5.02 Å². The van der Waals surface area contributed by atoms with Crippen LogP contribution in [0, 0.1) is 0 Å². The summed E-state index contributed by atoms with van der Waals surface area (Å²) in [5.74, 6) is -0.0328. The molecule has 2 aromatic rings. The Hall–Kier alpha value is -1.09. The van der Waals surface area contributed by atoms with Gasteiger partial charge >= 0.3 is 0 Å². The highest BCUT2D eigenvalue weighted by Crippen LogP contribution is 2.13. The first kappa shape index (κ1) is 16.0. The molecule has 0 spiro atoms. The maximum absolute atomic E-state index is 11.9. The molecule has 0 saturated carbocycles. The van der Waals surface area contributed by atoms with Crippen molar-refractivity contribution < 1.29 is 4.79 Å². The van der Waals surface area contributed by atoms with Gasteiger partial charge in [-0.25, -0.2) is 0 Å². The minimum Gasteiger partial charge on any atom is -0.289 e. The van der Waals surface area contributed by atoms with Crippen LogP contribution in [0.1, 0.15) is 15.9 Å². The molecular formula is C15H11BrCl2O. The van der Waals surface area contributed by atoms with Gasteiger partial charge in [0.15, 0.2) is 5.78 Å². The smallest absolute Gasteiger partial charge is 0.185 e. The summed E-state index contributed by atoms with van der Waals surface area (Å²) >= 11 is 9.14. The molecule has 0 saturated heterocycles. The Labute approximate surface area is 131 Å². The third kappa shape index (κ3) is 4.83. The van der Waals surface area contributed by atoms with Crippen LogP contribution < -0.4 is 0 Å². The first-order chi connectivity index (χ1) is 8.65. The Kier molecular flexibility index (Phi) is 6.29. The minimum atomic E-state index is -0.0328. The van der Waals surface area contributed by atoms with E-state index in [-0.39, 0.29) is 18.2 Å². The number of benzene rings is 2. The fraction of sp³-hybridized carbons (Fsp3) is 0. The van der Waals surface area contributed by atoms with E-state index in [2.05, 4.69) is 15.9 Å². The molecule has 0 N–H and O–H groups in total. The number of ketones is 1. The predicted octanol–water partition coefficient (Wildman–Crippen LogP) is 5.42. The van der Waals surface area contributed by atoms with Crippen molar-refractivity contribution in [1.82, 2.24) is 0 Å². The van der Waals surface area contributed by atoms with Crippen LogP contribution in [0.4, 0.5) is 0 Å². The van der Waals surface area contributed by atoms with Crippen LogP contribution in [0.25, 0.3) is 6.08 Å². The molecular weight excluding hydrogens is 347 g/mol. The second-order valence-corrected chi connectivity index (χ2v) is 5.11. The number of halogens is 3. The summed E-state index contributed by atoms with van der Waals surface area (Å²) < 4.78 is 1.02. The lowest BCUT2D eigenvalue weighted by molar-refractivity contribution is 0.104. The van der Waals surface area contributed by atoms with Gasteiger partial charge in [-0.1, -0.05) is 45.7 Å². The van der Waals surface area contributed by atoms with Gasteiger partial charge in [-0.2, -0.15) is 0 Å². The van der Waals surface area contributed by atoms with Gasteiger partial charge in [0, 0.05) is 15.1 Å². The summed E-state index contributed by atoms with van der Waals surface area (Å²) in [5, 5.41) is 0.628. The summed E-state index contributed by atoms with van der Waals surface area (Å²) in [6, 6.07) is 14.6. The SMILES string of the molecule is Cl.O=C(C=Cc1ccc(Br)cc1)c1ccc(Cl)cc1. The third-order valence-electron chi connectivity index (χ3n) is 2.43. The molecule has 0 aliphatic heterocycles. The molecule has 0 radical (unpaired) electrons. The topological polar surface area (TPSA) is 17.1 Å². The van der Waals surface area contributed by atoms with E-state index < -0.39 is 0 Å². The number of carbonyl (C=O) groups excluding carboxylic acids is 1. The zero-order valence-electron chi connectivity index (χ0n) is 9.85. The summed E-state index contributed by atoms with van der Waals surface area (Å²) in [6.07, 6.45) is 3.36. The summed E-state index contributed by atoms with van der Waals surface area (Å²) in [4.78, 5) is 11.9. The van der Waals surface area contributed by atoms with Crippen LogP contribution >= 0.6 is 39.9 Å². The molecule has 98 valence electrons. The van der Waals surface area contributed by atoms with Crippen molar-refractivity contribution in [1.29, 1.82) is 0 Å². The van der Waals surface area contributed by atoms with E-state index in [9.17, 15) is 4.79 Å². The molecule has 0 fully saturated rings. The molecule has 0 bridgehead atoms. The zero-order chi connectivity index (χ0) is 13.0. The van der Waals surface area contributed by atoms with Crippen LogP contribution in [0.3, 0.4) is 0 Å². The monoisotopic (exact) mass is 356 g/mol. The van der Waals surface area contributed by atoms with Crippen LogP contribution in [-0.2, 0) is 0 Å².